The standard InChI is InChI=1S/C19H18N2O3S/c1-12(22)18-16(17(20-24-18)15-7-4-10-25-15)19(23)21-9-8-13-5-2-3-6-14(13)11-21/h2-7,10,12,22H,8-9,11H2,1H3/t12-/m0/s1. The number of nitrogens with zero attached hydrogens (tertiary/aromatic N) is 2. The van der Waals surface area contributed by atoms with Gasteiger partial charge in [0.25, 0.3) is 5.91 Å². The molecular weight excluding hydrogens is 336 g/mol. The number of rotatable bonds is 3. The van der Waals surface area contributed by atoms with Crippen LogP contribution in [0.5, 0.6) is 0 Å². The summed E-state index contributed by atoms with van der Waals surface area (Å²) < 4.78 is 5.32. The number of amides is 1. The molecular formula is C19H18N2O3S. The van der Waals surface area contributed by atoms with Crippen LogP contribution >= 0.6 is 11.3 Å². The summed E-state index contributed by atoms with van der Waals surface area (Å²) in [6, 6.07) is 12.0. The van der Waals surface area contributed by atoms with Crippen LogP contribution in [0.2, 0.25) is 0 Å². The number of carbonyl (C=O) groups is 1. The Labute approximate surface area is 149 Å². The third-order valence-electron chi connectivity index (χ3n) is 4.48. The molecule has 4 rings (SSSR count). The van der Waals surface area contributed by atoms with Gasteiger partial charge in [-0.3, -0.25) is 4.79 Å². The van der Waals surface area contributed by atoms with Crippen LogP contribution in [0.1, 0.15) is 40.3 Å². The minimum Gasteiger partial charge on any atom is -0.385 e. The number of carbonyl (C=O) groups excluding carboxylic acids is 1. The van der Waals surface area contributed by atoms with Crippen molar-refractivity contribution >= 4 is 17.2 Å². The van der Waals surface area contributed by atoms with Gasteiger partial charge in [0.15, 0.2) is 5.76 Å². The molecule has 128 valence electrons. The fourth-order valence-corrected chi connectivity index (χ4v) is 3.92. The lowest BCUT2D eigenvalue weighted by molar-refractivity contribution is 0.0723. The van der Waals surface area contributed by atoms with Crippen molar-refractivity contribution in [1.29, 1.82) is 0 Å². The Morgan fingerprint density at radius 3 is 2.80 bits per heavy atom. The van der Waals surface area contributed by atoms with Gasteiger partial charge < -0.3 is 14.5 Å². The van der Waals surface area contributed by atoms with E-state index in [4.69, 9.17) is 4.52 Å². The summed E-state index contributed by atoms with van der Waals surface area (Å²) >= 11 is 1.49. The summed E-state index contributed by atoms with van der Waals surface area (Å²) in [5, 5.41) is 16.0. The molecule has 25 heavy (non-hydrogen) atoms. The first-order valence-electron chi connectivity index (χ1n) is 8.22. The quantitative estimate of drug-likeness (QED) is 0.779. The molecule has 1 N–H and O–H groups in total. The molecule has 3 heterocycles. The van der Waals surface area contributed by atoms with Crippen molar-refractivity contribution in [3.63, 3.8) is 0 Å². The fourth-order valence-electron chi connectivity index (χ4n) is 3.20. The molecule has 3 aromatic rings. The molecule has 0 saturated heterocycles. The predicted molar refractivity (Wildman–Crippen MR) is 95.3 cm³/mol. The normalized spacial score (nSPS) is 15.0. The number of thiophene rings is 1. The molecule has 0 saturated carbocycles. The summed E-state index contributed by atoms with van der Waals surface area (Å²) in [6.07, 6.45) is -0.0665. The van der Waals surface area contributed by atoms with Gasteiger partial charge in [0.2, 0.25) is 0 Å². The van der Waals surface area contributed by atoms with Gasteiger partial charge in [-0.25, -0.2) is 0 Å². The van der Waals surface area contributed by atoms with Crippen molar-refractivity contribution in [2.45, 2.75) is 26.0 Å². The van der Waals surface area contributed by atoms with E-state index < -0.39 is 6.10 Å². The number of fused-ring (bicyclic) bond motifs is 1. The summed E-state index contributed by atoms with van der Waals surface area (Å²) in [5.41, 5.74) is 3.33. The van der Waals surface area contributed by atoms with Gasteiger partial charge in [-0.05, 0) is 35.9 Å². The summed E-state index contributed by atoms with van der Waals surface area (Å²) in [4.78, 5) is 15.9. The maximum absolute atomic E-state index is 13.2. The SMILES string of the molecule is C[C@H](O)c1onc(-c2cccs2)c1C(=O)N1CCc2ccccc2C1. The molecule has 5 nitrogen and oxygen atoms in total. The van der Waals surface area contributed by atoms with E-state index in [-0.39, 0.29) is 11.7 Å². The fraction of sp³-hybridized carbons (Fsp3) is 0.263. The largest absolute Gasteiger partial charge is 0.385 e. The lowest BCUT2D eigenvalue weighted by Crippen LogP contribution is -2.36. The van der Waals surface area contributed by atoms with Crippen molar-refractivity contribution in [3.8, 4) is 10.6 Å². The van der Waals surface area contributed by atoms with Crippen molar-refractivity contribution in [3.05, 3.63) is 64.2 Å². The van der Waals surface area contributed by atoms with Crippen LogP contribution in [0.4, 0.5) is 0 Å². The van der Waals surface area contributed by atoms with E-state index in [1.54, 1.807) is 11.8 Å². The molecule has 0 bridgehead atoms. The summed E-state index contributed by atoms with van der Waals surface area (Å²) in [5.74, 6) is 0.0855. The summed E-state index contributed by atoms with van der Waals surface area (Å²) in [7, 11) is 0. The predicted octanol–water partition coefficient (Wildman–Crippen LogP) is 3.65. The van der Waals surface area contributed by atoms with E-state index in [1.807, 2.05) is 29.6 Å². The van der Waals surface area contributed by atoms with E-state index in [0.717, 1.165) is 16.9 Å². The zero-order valence-electron chi connectivity index (χ0n) is 13.8. The second-order valence-electron chi connectivity index (χ2n) is 6.17. The van der Waals surface area contributed by atoms with Crippen LogP contribution in [0.25, 0.3) is 10.6 Å². The minimum absolute atomic E-state index is 0.143. The van der Waals surface area contributed by atoms with Gasteiger partial charge in [-0.1, -0.05) is 35.5 Å². The zero-order chi connectivity index (χ0) is 17.4. The molecule has 1 aliphatic rings. The van der Waals surface area contributed by atoms with Crippen LogP contribution in [-0.2, 0) is 13.0 Å². The number of aliphatic hydroxyl groups excluding tert-OH is 1. The highest BCUT2D eigenvalue weighted by Crippen LogP contribution is 2.33. The Kier molecular flexibility index (Phi) is 4.15. The third-order valence-corrected chi connectivity index (χ3v) is 5.36. The molecule has 1 atom stereocenters. The Bertz CT molecular complexity index is 899. The van der Waals surface area contributed by atoms with Crippen molar-refractivity contribution in [2.75, 3.05) is 6.54 Å². The van der Waals surface area contributed by atoms with Gasteiger partial charge in [-0.15, -0.1) is 11.3 Å². The Morgan fingerprint density at radius 2 is 2.08 bits per heavy atom. The number of aromatic nitrogens is 1. The monoisotopic (exact) mass is 354 g/mol. The van der Waals surface area contributed by atoms with E-state index in [1.165, 1.54) is 16.9 Å². The van der Waals surface area contributed by atoms with Crippen LogP contribution in [0, 0.1) is 0 Å². The van der Waals surface area contributed by atoms with Crippen LogP contribution in [0.3, 0.4) is 0 Å². The highest BCUT2D eigenvalue weighted by atomic mass is 32.1. The first kappa shape index (κ1) is 16.1. The number of hydrogen-bond donors (Lipinski definition) is 1. The number of benzene rings is 1. The van der Waals surface area contributed by atoms with Crippen LogP contribution in [-0.4, -0.2) is 27.6 Å². The Hall–Kier alpha value is -2.44. The molecule has 1 aliphatic heterocycles. The summed E-state index contributed by atoms with van der Waals surface area (Å²) in [6.45, 7) is 2.79. The third kappa shape index (κ3) is 2.88. The van der Waals surface area contributed by atoms with Crippen molar-refractivity contribution < 1.29 is 14.4 Å². The van der Waals surface area contributed by atoms with E-state index in [9.17, 15) is 9.90 Å². The van der Waals surface area contributed by atoms with Crippen LogP contribution in [0.15, 0.2) is 46.3 Å². The smallest absolute Gasteiger partial charge is 0.260 e. The first-order chi connectivity index (χ1) is 12.1. The van der Waals surface area contributed by atoms with E-state index >= 15 is 0 Å². The molecule has 1 amide bonds. The Morgan fingerprint density at radius 1 is 1.28 bits per heavy atom. The highest BCUT2D eigenvalue weighted by molar-refractivity contribution is 7.13. The maximum atomic E-state index is 13.2. The lowest BCUT2D eigenvalue weighted by Gasteiger charge is -2.29. The lowest BCUT2D eigenvalue weighted by atomic mass is 9.98. The topological polar surface area (TPSA) is 66.6 Å². The van der Waals surface area contributed by atoms with Gasteiger partial charge in [-0.2, -0.15) is 0 Å². The molecule has 2 aromatic heterocycles. The highest BCUT2D eigenvalue weighted by Gasteiger charge is 2.31. The second kappa shape index (κ2) is 6.46. The van der Waals surface area contributed by atoms with Gasteiger partial charge in [0, 0.05) is 13.1 Å². The minimum atomic E-state index is -0.891. The number of hydrogen-bond acceptors (Lipinski definition) is 5. The van der Waals surface area contributed by atoms with Gasteiger partial charge in [0.1, 0.15) is 17.4 Å². The molecule has 0 unspecified atom stereocenters. The second-order valence-corrected chi connectivity index (χ2v) is 7.12. The van der Waals surface area contributed by atoms with Crippen molar-refractivity contribution in [2.24, 2.45) is 0 Å². The average Bonchev–Trinajstić information content (AvgIpc) is 3.29. The first-order valence-corrected chi connectivity index (χ1v) is 9.10. The Balaban J connectivity index is 1.72. The maximum Gasteiger partial charge on any atom is 0.260 e. The molecule has 0 radical (unpaired) electrons. The molecule has 0 aliphatic carbocycles. The van der Waals surface area contributed by atoms with E-state index in [2.05, 4.69) is 17.3 Å². The molecule has 6 heteroatoms. The number of aliphatic hydroxyl groups is 1. The molecule has 0 spiro atoms. The van der Waals surface area contributed by atoms with Gasteiger partial charge >= 0.3 is 0 Å². The van der Waals surface area contributed by atoms with Gasteiger partial charge in [0.05, 0.1) is 4.88 Å². The van der Waals surface area contributed by atoms with Crippen molar-refractivity contribution in [1.82, 2.24) is 10.1 Å². The van der Waals surface area contributed by atoms with E-state index in [0.29, 0.717) is 24.3 Å². The average molecular weight is 354 g/mol. The molecule has 1 aromatic carbocycles. The zero-order valence-corrected chi connectivity index (χ0v) is 14.6. The molecule has 0 fully saturated rings. The van der Waals surface area contributed by atoms with Crippen LogP contribution < -0.4 is 0 Å².